The highest BCUT2D eigenvalue weighted by Gasteiger charge is 2.11. The van der Waals surface area contributed by atoms with Crippen molar-refractivity contribution in [2.75, 3.05) is 7.05 Å². The van der Waals surface area contributed by atoms with Crippen molar-refractivity contribution in [1.82, 2.24) is 4.90 Å². The van der Waals surface area contributed by atoms with Gasteiger partial charge in [0.2, 0.25) is 0 Å². The molecule has 22 heavy (non-hydrogen) atoms. The van der Waals surface area contributed by atoms with Crippen molar-refractivity contribution >= 4 is 12.3 Å². The quantitative estimate of drug-likeness (QED) is 0.708. The lowest BCUT2D eigenvalue weighted by molar-refractivity contribution is 0.351. The lowest BCUT2D eigenvalue weighted by Gasteiger charge is -2.23. The highest BCUT2D eigenvalue weighted by Crippen LogP contribution is 2.22. The predicted octanol–water partition coefficient (Wildman–Crippen LogP) is 5.00. The first kappa shape index (κ1) is 16.0. The largest absolute Gasteiger partial charge is 0.355 e. The summed E-state index contributed by atoms with van der Waals surface area (Å²) >= 11 is 0. The second-order valence-electron chi connectivity index (χ2n) is 5.58. The van der Waals surface area contributed by atoms with E-state index >= 15 is 0 Å². The molecule has 0 aromatic heterocycles. The maximum absolute atomic E-state index is 4.60. The van der Waals surface area contributed by atoms with Crippen LogP contribution in [0.15, 0.2) is 59.7 Å². The number of nitrogens with zero attached hydrogens (tertiary/aromatic N) is 2. The standard InChI is InChI=1S/C20H24N2/c1-5-21-20(19-12-8-17(3)9-13-19)22(4)15-14-18-10-6-16(2)7-11-18/h5-15,20H,1-4H3/b15-14+,21-5-. The summed E-state index contributed by atoms with van der Waals surface area (Å²) < 4.78 is 0. The summed E-state index contributed by atoms with van der Waals surface area (Å²) in [6.07, 6.45) is 6.07. The molecule has 0 aliphatic rings. The van der Waals surface area contributed by atoms with Gasteiger partial charge in [0.25, 0.3) is 0 Å². The third kappa shape index (κ3) is 4.32. The third-order valence-electron chi connectivity index (χ3n) is 3.63. The van der Waals surface area contributed by atoms with Gasteiger partial charge in [0.05, 0.1) is 0 Å². The second-order valence-corrected chi connectivity index (χ2v) is 5.58. The molecule has 0 N–H and O–H groups in total. The third-order valence-corrected chi connectivity index (χ3v) is 3.63. The Balaban J connectivity index is 2.17. The van der Waals surface area contributed by atoms with E-state index in [-0.39, 0.29) is 6.17 Å². The molecule has 2 aromatic rings. The highest BCUT2D eigenvalue weighted by atomic mass is 15.2. The molecule has 0 fully saturated rings. The Hall–Kier alpha value is -2.35. The van der Waals surface area contributed by atoms with Crippen LogP contribution in [0.2, 0.25) is 0 Å². The Kier molecular flexibility index (Phi) is 5.54. The molecule has 0 aliphatic carbocycles. The van der Waals surface area contributed by atoms with Crippen LogP contribution in [-0.2, 0) is 0 Å². The van der Waals surface area contributed by atoms with E-state index in [0.29, 0.717) is 0 Å². The SMILES string of the molecule is C/C=N\C(c1ccc(C)cc1)N(C)/C=C/c1ccc(C)cc1. The Morgan fingerprint density at radius 3 is 2.00 bits per heavy atom. The number of hydrogen-bond acceptors (Lipinski definition) is 2. The fourth-order valence-electron chi connectivity index (χ4n) is 2.27. The van der Waals surface area contributed by atoms with Crippen molar-refractivity contribution in [2.45, 2.75) is 26.9 Å². The van der Waals surface area contributed by atoms with Crippen molar-refractivity contribution in [3.8, 4) is 0 Å². The maximum Gasteiger partial charge on any atom is 0.146 e. The summed E-state index contributed by atoms with van der Waals surface area (Å²) in [6.45, 7) is 6.16. The summed E-state index contributed by atoms with van der Waals surface area (Å²) in [7, 11) is 2.06. The number of hydrogen-bond donors (Lipinski definition) is 0. The lowest BCUT2D eigenvalue weighted by atomic mass is 10.1. The van der Waals surface area contributed by atoms with Crippen molar-refractivity contribution in [3.63, 3.8) is 0 Å². The van der Waals surface area contributed by atoms with Crippen LogP contribution < -0.4 is 0 Å². The van der Waals surface area contributed by atoms with Crippen molar-refractivity contribution in [1.29, 1.82) is 0 Å². The van der Waals surface area contributed by atoms with Crippen LogP contribution >= 0.6 is 0 Å². The molecule has 2 aromatic carbocycles. The summed E-state index contributed by atoms with van der Waals surface area (Å²) in [5.74, 6) is 0. The van der Waals surface area contributed by atoms with E-state index in [9.17, 15) is 0 Å². The molecule has 2 nitrogen and oxygen atoms in total. The second kappa shape index (κ2) is 7.60. The Bertz CT molecular complexity index is 636. The molecule has 0 spiro atoms. The zero-order valence-electron chi connectivity index (χ0n) is 13.8. The average Bonchev–Trinajstić information content (AvgIpc) is 2.53. The first-order chi connectivity index (χ1) is 10.6. The van der Waals surface area contributed by atoms with Gasteiger partial charge >= 0.3 is 0 Å². The fourth-order valence-corrected chi connectivity index (χ4v) is 2.27. The van der Waals surface area contributed by atoms with E-state index in [1.54, 1.807) is 0 Å². The minimum Gasteiger partial charge on any atom is -0.355 e. The van der Waals surface area contributed by atoms with E-state index in [1.807, 2.05) is 13.1 Å². The van der Waals surface area contributed by atoms with Gasteiger partial charge in [-0.1, -0.05) is 59.7 Å². The minimum atomic E-state index is 0.00676. The number of aryl methyl sites for hydroxylation is 2. The molecule has 0 saturated carbocycles. The van der Waals surface area contributed by atoms with Crippen LogP contribution in [0.1, 0.15) is 35.3 Å². The van der Waals surface area contributed by atoms with Gasteiger partial charge in [-0.25, -0.2) is 0 Å². The van der Waals surface area contributed by atoms with Gasteiger partial charge in [0.15, 0.2) is 0 Å². The Labute approximate surface area is 133 Å². The van der Waals surface area contributed by atoms with Crippen molar-refractivity contribution in [2.24, 2.45) is 4.99 Å². The first-order valence-corrected chi connectivity index (χ1v) is 7.61. The summed E-state index contributed by atoms with van der Waals surface area (Å²) in [5, 5.41) is 0. The zero-order valence-corrected chi connectivity index (χ0v) is 13.8. The molecule has 2 heteroatoms. The molecular formula is C20H24N2. The Morgan fingerprint density at radius 2 is 1.45 bits per heavy atom. The lowest BCUT2D eigenvalue weighted by Crippen LogP contribution is -2.17. The van der Waals surface area contributed by atoms with Gasteiger partial charge in [-0.2, -0.15) is 0 Å². The summed E-state index contributed by atoms with van der Waals surface area (Å²) in [4.78, 5) is 6.73. The minimum absolute atomic E-state index is 0.00676. The molecule has 0 aliphatic heterocycles. The molecule has 1 atom stereocenters. The summed E-state index contributed by atoms with van der Waals surface area (Å²) in [5.41, 5.74) is 4.93. The van der Waals surface area contributed by atoms with Gasteiger partial charge in [-0.15, -0.1) is 0 Å². The van der Waals surface area contributed by atoms with E-state index in [1.165, 1.54) is 22.3 Å². The molecule has 2 rings (SSSR count). The summed E-state index contributed by atoms with van der Waals surface area (Å²) in [6, 6.07) is 17.1. The molecule has 0 amide bonds. The highest BCUT2D eigenvalue weighted by molar-refractivity contribution is 5.54. The van der Waals surface area contributed by atoms with Gasteiger partial charge < -0.3 is 4.90 Å². The monoisotopic (exact) mass is 292 g/mol. The van der Waals surface area contributed by atoms with E-state index in [0.717, 1.165) is 0 Å². The average molecular weight is 292 g/mol. The smallest absolute Gasteiger partial charge is 0.146 e. The van der Waals surface area contributed by atoms with Crippen LogP contribution in [0.3, 0.4) is 0 Å². The predicted molar refractivity (Wildman–Crippen MR) is 96.1 cm³/mol. The molecular weight excluding hydrogens is 268 g/mol. The fraction of sp³-hybridized carbons (Fsp3) is 0.250. The van der Waals surface area contributed by atoms with Gasteiger partial charge in [0, 0.05) is 13.2 Å². The normalized spacial score (nSPS) is 12.9. The first-order valence-electron chi connectivity index (χ1n) is 7.61. The number of benzene rings is 2. The van der Waals surface area contributed by atoms with Gasteiger partial charge in [-0.3, -0.25) is 4.99 Å². The van der Waals surface area contributed by atoms with E-state index < -0.39 is 0 Å². The molecule has 0 radical (unpaired) electrons. The van der Waals surface area contributed by atoms with Gasteiger partial charge in [0.1, 0.15) is 6.17 Å². The van der Waals surface area contributed by atoms with Crippen molar-refractivity contribution in [3.05, 3.63) is 77.0 Å². The van der Waals surface area contributed by atoms with Crippen molar-refractivity contribution < 1.29 is 0 Å². The number of rotatable bonds is 5. The molecule has 0 saturated heterocycles. The van der Waals surface area contributed by atoms with Crippen LogP contribution in [0.5, 0.6) is 0 Å². The van der Waals surface area contributed by atoms with E-state index in [2.05, 4.69) is 91.6 Å². The maximum atomic E-state index is 4.60. The number of aliphatic imine (C=N–C) groups is 1. The topological polar surface area (TPSA) is 15.6 Å². The van der Waals surface area contributed by atoms with Crippen LogP contribution in [0, 0.1) is 13.8 Å². The molecule has 0 bridgehead atoms. The molecule has 1 unspecified atom stereocenters. The van der Waals surface area contributed by atoms with Gasteiger partial charge in [-0.05, 0) is 44.2 Å². The van der Waals surface area contributed by atoms with Crippen LogP contribution in [0.4, 0.5) is 0 Å². The molecule has 114 valence electrons. The molecule has 0 heterocycles. The van der Waals surface area contributed by atoms with Crippen LogP contribution in [-0.4, -0.2) is 18.2 Å². The Morgan fingerprint density at radius 1 is 0.909 bits per heavy atom. The van der Waals surface area contributed by atoms with E-state index in [4.69, 9.17) is 0 Å². The zero-order chi connectivity index (χ0) is 15.9. The van der Waals surface area contributed by atoms with Crippen LogP contribution in [0.25, 0.3) is 6.08 Å².